The minimum absolute atomic E-state index is 0.0869. The number of carboxylic acids is 1. The van der Waals surface area contributed by atoms with E-state index in [0.717, 1.165) is 18.2 Å². The number of hydrogen-bond donors (Lipinski definition) is 1. The maximum absolute atomic E-state index is 13.6. The highest BCUT2D eigenvalue weighted by Gasteiger charge is 2.23. The van der Waals surface area contributed by atoms with E-state index in [2.05, 4.69) is 0 Å². The third-order valence-corrected chi connectivity index (χ3v) is 3.39. The maximum Gasteiger partial charge on any atom is 0.317 e. The van der Waals surface area contributed by atoms with Crippen molar-refractivity contribution in [1.29, 1.82) is 0 Å². The average molecular weight is 298 g/mol. The number of carbonyl (C=O) groups is 2. The molecule has 114 valence electrons. The van der Waals surface area contributed by atoms with Gasteiger partial charge in [0.2, 0.25) is 0 Å². The first-order valence-electron chi connectivity index (χ1n) is 6.66. The molecule has 1 fully saturated rings. The van der Waals surface area contributed by atoms with Crippen LogP contribution in [0, 0.1) is 11.6 Å². The van der Waals surface area contributed by atoms with E-state index in [1.165, 1.54) is 4.90 Å². The van der Waals surface area contributed by atoms with Gasteiger partial charge in [0.05, 0.1) is 12.1 Å². The van der Waals surface area contributed by atoms with Crippen molar-refractivity contribution in [1.82, 2.24) is 9.80 Å². The third-order valence-electron chi connectivity index (χ3n) is 3.39. The van der Waals surface area contributed by atoms with Gasteiger partial charge < -0.3 is 10.0 Å². The molecule has 1 saturated heterocycles. The number of nitrogens with zero attached hydrogens (tertiary/aromatic N) is 2. The number of carboxylic acid groups (broad SMARTS) is 1. The lowest BCUT2D eigenvalue weighted by molar-refractivity contribution is -0.138. The summed E-state index contributed by atoms with van der Waals surface area (Å²) in [5, 5.41) is 8.76. The van der Waals surface area contributed by atoms with E-state index in [-0.39, 0.29) is 12.1 Å². The molecule has 1 aromatic carbocycles. The van der Waals surface area contributed by atoms with E-state index < -0.39 is 23.5 Å². The van der Waals surface area contributed by atoms with Crippen molar-refractivity contribution >= 4 is 11.9 Å². The van der Waals surface area contributed by atoms with E-state index >= 15 is 0 Å². The Balaban J connectivity index is 2.06. The van der Waals surface area contributed by atoms with Crippen molar-refractivity contribution in [3.05, 3.63) is 35.4 Å². The Morgan fingerprint density at radius 2 is 1.90 bits per heavy atom. The van der Waals surface area contributed by atoms with Crippen molar-refractivity contribution in [2.75, 3.05) is 32.7 Å². The minimum Gasteiger partial charge on any atom is -0.480 e. The predicted octanol–water partition coefficient (Wildman–Crippen LogP) is 1.20. The molecule has 0 radical (unpaired) electrons. The van der Waals surface area contributed by atoms with Crippen LogP contribution < -0.4 is 0 Å². The lowest BCUT2D eigenvalue weighted by Crippen LogP contribution is -2.37. The maximum atomic E-state index is 13.6. The molecule has 1 aliphatic rings. The van der Waals surface area contributed by atoms with Gasteiger partial charge in [0.25, 0.3) is 5.91 Å². The first kappa shape index (κ1) is 15.4. The summed E-state index contributed by atoms with van der Waals surface area (Å²) >= 11 is 0. The molecule has 0 bridgehead atoms. The number of carbonyl (C=O) groups excluding carboxylic acids is 1. The van der Waals surface area contributed by atoms with E-state index in [1.54, 1.807) is 4.90 Å². The summed E-state index contributed by atoms with van der Waals surface area (Å²) in [6, 6.07) is 2.78. The van der Waals surface area contributed by atoms with E-state index in [1.807, 2.05) is 0 Å². The highest BCUT2D eigenvalue weighted by Crippen LogP contribution is 2.14. The van der Waals surface area contributed by atoms with Crippen LogP contribution in [0.4, 0.5) is 8.78 Å². The van der Waals surface area contributed by atoms with Gasteiger partial charge in [-0.15, -0.1) is 0 Å². The third kappa shape index (κ3) is 3.98. The topological polar surface area (TPSA) is 60.9 Å². The Kier molecular flexibility index (Phi) is 4.85. The molecule has 0 spiro atoms. The second kappa shape index (κ2) is 6.62. The van der Waals surface area contributed by atoms with Crippen molar-refractivity contribution in [2.45, 2.75) is 6.42 Å². The highest BCUT2D eigenvalue weighted by atomic mass is 19.1. The summed E-state index contributed by atoms with van der Waals surface area (Å²) in [4.78, 5) is 26.1. The van der Waals surface area contributed by atoms with Crippen LogP contribution in [0.15, 0.2) is 18.2 Å². The quantitative estimate of drug-likeness (QED) is 0.911. The molecule has 0 unspecified atom stereocenters. The summed E-state index contributed by atoms with van der Waals surface area (Å²) in [6.07, 6.45) is 0.593. The molecule has 5 nitrogen and oxygen atoms in total. The zero-order valence-corrected chi connectivity index (χ0v) is 11.4. The Hall–Kier alpha value is -2.02. The van der Waals surface area contributed by atoms with Gasteiger partial charge in [0.15, 0.2) is 0 Å². The molecule has 0 aromatic heterocycles. The van der Waals surface area contributed by atoms with Crippen LogP contribution in [0.5, 0.6) is 0 Å². The Morgan fingerprint density at radius 1 is 1.14 bits per heavy atom. The molecule has 2 rings (SSSR count). The number of hydrogen-bond acceptors (Lipinski definition) is 3. The summed E-state index contributed by atoms with van der Waals surface area (Å²) in [5.74, 6) is -2.91. The molecule has 1 amide bonds. The van der Waals surface area contributed by atoms with Crippen molar-refractivity contribution < 1.29 is 23.5 Å². The molecular weight excluding hydrogens is 282 g/mol. The van der Waals surface area contributed by atoms with Crippen LogP contribution in [0.3, 0.4) is 0 Å². The van der Waals surface area contributed by atoms with Gasteiger partial charge in [-0.2, -0.15) is 0 Å². The van der Waals surface area contributed by atoms with Gasteiger partial charge in [-0.25, -0.2) is 8.78 Å². The van der Waals surface area contributed by atoms with Crippen LogP contribution in [-0.4, -0.2) is 59.5 Å². The normalized spacial score (nSPS) is 16.6. The fourth-order valence-corrected chi connectivity index (χ4v) is 2.36. The van der Waals surface area contributed by atoms with E-state index in [0.29, 0.717) is 32.6 Å². The summed E-state index contributed by atoms with van der Waals surface area (Å²) in [5.41, 5.74) is -0.290. The van der Waals surface area contributed by atoms with Gasteiger partial charge >= 0.3 is 5.97 Å². The Bertz CT molecular complexity index is 551. The summed E-state index contributed by atoms with van der Waals surface area (Å²) in [6.45, 7) is 1.56. The zero-order chi connectivity index (χ0) is 15.4. The molecule has 0 aliphatic carbocycles. The van der Waals surface area contributed by atoms with Crippen LogP contribution >= 0.6 is 0 Å². The van der Waals surface area contributed by atoms with Gasteiger partial charge in [0, 0.05) is 26.2 Å². The Morgan fingerprint density at radius 3 is 2.62 bits per heavy atom. The minimum atomic E-state index is -0.925. The molecule has 0 saturated carbocycles. The predicted molar refractivity (Wildman–Crippen MR) is 71.0 cm³/mol. The molecule has 21 heavy (non-hydrogen) atoms. The van der Waals surface area contributed by atoms with Gasteiger partial charge in [0.1, 0.15) is 11.6 Å². The molecule has 0 atom stereocenters. The highest BCUT2D eigenvalue weighted by molar-refractivity contribution is 5.94. The number of halogens is 2. The van der Waals surface area contributed by atoms with Gasteiger partial charge in [-0.05, 0) is 24.6 Å². The summed E-state index contributed by atoms with van der Waals surface area (Å²) in [7, 11) is 0. The Labute approximate surface area is 120 Å². The first-order chi connectivity index (χ1) is 9.97. The zero-order valence-electron chi connectivity index (χ0n) is 11.4. The van der Waals surface area contributed by atoms with Crippen molar-refractivity contribution in [2.24, 2.45) is 0 Å². The van der Waals surface area contributed by atoms with Gasteiger partial charge in [-0.3, -0.25) is 14.5 Å². The average Bonchev–Trinajstić information content (AvgIpc) is 2.66. The fraction of sp³-hybridized carbons (Fsp3) is 0.429. The van der Waals surface area contributed by atoms with E-state index in [9.17, 15) is 18.4 Å². The lowest BCUT2D eigenvalue weighted by atomic mass is 10.1. The molecular formula is C14H16F2N2O3. The van der Waals surface area contributed by atoms with E-state index in [4.69, 9.17) is 5.11 Å². The van der Waals surface area contributed by atoms with Crippen molar-refractivity contribution in [3.63, 3.8) is 0 Å². The number of amides is 1. The molecule has 1 aliphatic heterocycles. The second-order valence-electron chi connectivity index (χ2n) is 4.94. The fourth-order valence-electron chi connectivity index (χ4n) is 2.36. The summed E-state index contributed by atoms with van der Waals surface area (Å²) < 4.78 is 26.8. The van der Waals surface area contributed by atoms with Crippen molar-refractivity contribution in [3.8, 4) is 0 Å². The monoisotopic (exact) mass is 298 g/mol. The molecule has 7 heteroatoms. The van der Waals surface area contributed by atoms with Crippen LogP contribution in [-0.2, 0) is 4.79 Å². The van der Waals surface area contributed by atoms with Crippen LogP contribution in [0.25, 0.3) is 0 Å². The standard InChI is InChI=1S/C14H16F2N2O3/c15-10-2-3-12(16)11(8-10)14(21)18-5-1-4-17(6-7-18)9-13(19)20/h2-3,8H,1,4-7,9H2,(H,19,20). The second-order valence-corrected chi connectivity index (χ2v) is 4.94. The molecule has 1 aromatic rings. The number of rotatable bonds is 3. The molecule has 1 N–H and O–H groups in total. The number of aliphatic carboxylic acids is 1. The van der Waals surface area contributed by atoms with Crippen LogP contribution in [0.2, 0.25) is 0 Å². The molecule has 1 heterocycles. The largest absolute Gasteiger partial charge is 0.480 e. The first-order valence-corrected chi connectivity index (χ1v) is 6.66. The smallest absolute Gasteiger partial charge is 0.317 e. The SMILES string of the molecule is O=C(O)CN1CCCN(C(=O)c2cc(F)ccc2F)CC1. The lowest BCUT2D eigenvalue weighted by Gasteiger charge is -2.21. The number of benzene rings is 1. The van der Waals surface area contributed by atoms with Crippen LogP contribution in [0.1, 0.15) is 16.8 Å². The van der Waals surface area contributed by atoms with Gasteiger partial charge in [-0.1, -0.05) is 0 Å².